The molecule has 1 aromatic heterocycles. The van der Waals surface area contributed by atoms with E-state index in [1.807, 2.05) is 18.7 Å². The summed E-state index contributed by atoms with van der Waals surface area (Å²) < 4.78 is 2.03. The molecule has 0 amide bonds. The van der Waals surface area contributed by atoms with Crippen LogP contribution in [0.3, 0.4) is 0 Å². The first kappa shape index (κ1) is 11.0. The average molecular weight is 197 g/mol. The molecule has 14 heavy (non-hydrogen) atoms. The van der Waals surface area contributed by atoms with Crippen molar-refractivity contribution in [2.75, 3.05) is 25.0 Å². The number of nitrogens with one attached hydrogen (secondary N) is 1. The van der Waals surface area contributed by atoms with Crippen LogP contribution < -0.4 is 10.2 Å². The molecule has 1 rings (SSSR count). The molecule has 0 radical (unpaired) electrons. The third-order valence-electron chi connectivity index (χ3n) is 2.32. The molecule has 0 aliphatic carbocycles. The van der Waals surface area contributed by atoms with Gasteiger partial charge in [0.1, 0.15) is 5.82 Å². The molecule has 5 nitrogen and oxygen atoms in total. The Labute approximate surface area is 85.1 Å². The molecule has 5 heteroatoms. The molecule has 0 aliphatic rings. The lowest BCUT2D eigenvalue weighted by Gasteiger charge is -2.18. The van der Waals surface area contributed by atoms with Crippen LogP contribution in [0.25, 0.3) is 0 Å². The van der Waals surface area contributed by atoms with Crippen LogP contribution in [0.5, 0.6) is 0 Å². The highest BCUT2D eigenvalue weighted by Crippen LogP contribution is 2.10. The van der Waals surface area contributed by atoms with Crippen LogP contribution in [0, 0.1) is 0 Å². The minimum Gasteiger partial charge on any atom is -0.341 e. The first-order valence-corrected chi connectivity index (χ1v) is 5.02. The summed E-state index contributed by atoms with van der Waals surface area (Å²) in [5.74, 6) is 1.91. The van der Waals surface area contributed by atoms with Crippen molar-refractivity contribution < 1.29 is 0 Å². The fourth-order valence-electron chi connectivity index (χ4n) is 1.45. The zero-order valence-corrected chi connectivity index (χ0v) is 9.41. The molecule has 0 aliphatic heterocycles. The quantitative estimate of drug-likeness (QED) is 0.741. The van der Waals surface area contributed by atoms with Crippen molar-refractivity contribution in [1.82, 2.24) is 20.1 Å². The molecule has 1 N–H and O–H groups in total. The Morgan fingerprint density at radius 3 is 2.43 bits per heavy atom. The third kappa shape index (κ3) is 2.04. The number of rotatable bonds is 5. The summed E-state index contributed by atoms with van der Waals surface area (Å²) in [6.45, 7) is 6.92. The van der Waals surface area contributed by atoms with E-state index in [1.165, 1.54) is 0 Å². The van der Waals surface area contributed by atoms with E-state index in [0.717, 1.165) is 31.4 Å². The molecule has 0 bridgehead atoms. The molecule has 80 valence electrons. The Bertz CT molecular complexity index is 277. The average Bonchev–Trinajstić information content (AvgIpc) is 2.53. The van der Waals surface area contributed by atoms with Crippen molar-refractivity contribution in [3.05, 3.63) is 5.82 Å². The molecule has 0 fully saturated rings. The van der Waals surface area contributed by atoms with Gasteiger partial charge in [0.05, 0.1) is 6.54 Å². The molecule has 1 heterocycles. The second-order valence-corrected chi connectivity index (χ2v) is 3.18. The van der Waals surface area contributed by atoms with Gasteiger partial charge in [-0.15, -0.1) is 10.2 Å². The van der Waals surface area contributed by atoms with Crippen molar-refractivity contribution in [3.8, 4) is 0 Å². The Morgan fingerprint density at radius 1 is 1.29 bits per heavy atom. The lowest BCUT2D eigenvalue weighted by molar-refractivity contribution is 0.696. The Balaban J connectivity index is 2.87. The molecule has 0 saturated carbocycles. The summed E-state index contributed by atoms with van der Waals surface area (Å²) >= 11 is 0. The minimum absolute atomic E-state index is 0.755. The van der Waals surface area contributed by atoms with E-state index in [1.54, 1.807) is 0 Å². The number of hydrogen-bond donors (Lipinski definition) is 1. The normalized spacial score (nSPS) is 10.6. The van der Waals surface area contributed by atoms with Gasteiger partial charge in [-0.1, -0.05) is 0 Å². The van der Waals surface area contributed by atoms with Crippen LogP contribution in [0.1, 0.15) is 19.7 Å². The maximum absolute atomic E-state index is 4.18. The zero-order chi connectivity index (χ0) is 10.6. The molecule has 0 spiro atoms. The van der Waals surface area contributed by atoms with Gasteiger partial charge in [-0.3, -0.25) is 4.57 Å². The van der Waals surface area contributed by atoms with Crippen LogP contribution in [0.15, 0.2) is 0 Å². The van der Waals surface area contributed by atoms with E-state index >= 15 is 0 Å². The van der Waals surface area contributed by atoms with Gasteiger partial charge in [0.2, 0.25) is 5.95 Å². The molecule has 1 aromatic rings. The minimum atomic E-state index is 0.755. The van der Waals surface area contributed by atoms with Gasteiger partial charge in [0, 0.05) is 20.1 Å². The van der Waals surface area contributed by atoms with Gasteiger partial charge in [0.15, 0.2) is 0 Å². The van der Waals surface area contributed by atoms with Crippen LogP contribution in [-0.2, 0) is 13.6 Å². The van der Waals surface area contributed by atoms with Gasteiger partial charge in [-0.2, -0.15) is 0 Å². The van der Waals surface area contributed by atoms with Crippen LogP contribution in [-0.4, -0.2) is 34.9 Å². The monoisotopic (exact) mass is 197 g/mol. The maximum atomic E-state index is 4.18. The highest BCUT2D eigenvalue weighted by molar-refractivity contribution is 5.29. The van der Waals surface area contributed by atoms with Crippen LogP contribution >= 0.6 is 0 Å². The van der Waals surface area contributed by atoms with Gasteiger partial charge in [-0.25, -0.2) is 0 Å². The van der Waals surface area contributed by atoms with Crippen molar-refractivity contribution in [3.63, 3.8) is 0 Å². The summed E-state index contributed by atoms with van der Waals surface area (Å²) in [5, 5.41) is 11.4. The van der Waals surface area contributed by atoms with Crippen molar-refractivity contribution in [2.45, 2.75) is 20.4 Å². The third-order valence-corrected chi connectivity index (χ3v) is 2.32. The summed E-state index contributed by atoms with van der Waals surface area (Å²) in [6, 6.07) is 0. The van der Waals surface area contributed by atoms with E-state index in [4.69, 9.17) is 0 Å². The molecule has 0 saturated heterocycles. The predicted octanol–water partition coefficient (Wildman–Crippen LogP) is 0.381. The van der Waals surface area contributed by atoms with Gasteiger partial charge in [0.25, 0.3) is 0 Å². The van der Waals surface area contributed by atoms with Gasteiger partial charge >= 0.3 is 0 Å². The molecular formula is C9H19N5. The topological polar surface area (TPSA) is 46.0 Å². The lowest BCUT2D eigenvalue weighted by atomic mass is 10.5. The number of anilines is 1. The van der Waals surface area contributed by atoms with Crippen molar-refractivity contribution >= 4 is 5.95 Å². The molecule has 0 aromatic carbocycles. The van der Waals surface area contributed by atoms with E-state index in [2.05, 4.69) is 34.3 Å². The molecule has 0 unspecified atom stereocenters. The predicted molar refractivity (Wildman–Crippen MR) is 57.3 cm³/mol. The van der Waals surface area contributed by atoms with Crippen LogP contribution in [0.4, 0.5) is 5.95 Å². The summed E-state index contributed by atoms with van der Waals surface area (Å²) in [4.78, 5) is 2.19. The lowest BCUT2D eigenvalue weighted by Crippen LogP contribution is -2.25. The highest BCUT2D eigenvalue weighted by atomic mass is 15.4. The highest BCUT2D eigenvalue weighted by Gasteiger charge is 2.11. The first-order chi connectivity index (χ1) is 6.74. The summed E-state index contributed by atoms with van der Waals surface area (Å²) in [7, 11) is 3.91. The molecule has 0 atom stereocenters. The number of aromatic nitrogens is 3. The van der Waals surface area contributed by atoms with E-state index in [9.17, 15) is 0 Å². The zero-order valence-electron chi connectivity index (χ0n) is 9.41. The molecular weight excluding hydrogens is 178 g/mol. The smallest absolute Gasteiger partial charge is 0.226 e. The maximum Gasteiger partial charge on any atom is 0.226 e. The number of hydrogen-bond acceptors (Lipinski definition) is 4. The first-order valence-electron chi connectivity index (χ1n) is 5.02. The Hall–Kier alpha value is -1.10. The standard InChI is InChI=1S/C9H19N5/c1-5-14(6-2)9-12-11-8(7-10-3)13(9)4/h10H,5-7H2,1-4H3. The van der Waals surface area contributed by atoms with Crippen LogP contribution in [0.2, 0.25) is 0 Å². The summed E-state index contributed by atoms with van der Waals surface area (Å²) in [6.07, 6.45) is 0. The Kier molecular flexibility index (Phi) is 3.88. The fraction of sp³-hybridized carbons (Fsp3) is 0.778. The second-order valence-electron chi connectivity index (χ2n) is 3.18. The van der Waals surface area contributed by atoms with E-state index in [-0.39, 0.29) is 0 Å². The summed E-state index contributed by atoms with van der Waals surface area (Å²) in [5.41, 5.74) is 0. The fourth-order valence-corrected chi connectivity index (χ4v) is 1.45. The van der Waals surface area contributed by atoms with E-state index in [0.29, 0.717) is 0 Å². The number of nitrogens with zero attached hydrogens (tertiary/aromatic N) is 4. The largest absolute Gasteiger partial charge is 0.341 e. The SMILES string of the molecule is CCN(CC)c1nnc(CNC)n1C. The van der Waals surface area contributed by atoms with E-state index < -0.39 is 0 Å². The second kappa shape index (κ2) is 4.95. The van der Waals surface area contributed by atoms with Gasteiger partial charge < -0.3 is 10.2 Å². The van der Waals surface area contributed by atoms with Crippen molar-refractivity contribution in [1.29, 1.82) is 0 Å². The Morgan fingerprint density at radius 2 is 1.93 bits per heavy atom. The van der Waals surface area contributed by atoms with Gasteiger partial charge in [-0.05, 0) is 20.9 Å². The van der Waals surface area contributed by atoms with Crippen molar-refractivity contribution in [2.24, 2.45) is 7.05 Å².